The third-order valence-electron chi connectivity index (χ3n) is 4.85. The number of hydrogen-bond acceptors (Lipinski definition) is 2. The molecule has 2 fully saturated rings. The van der Waals surface area contributed by atoms with Gasteiger partial charge in [-0.05, 0) is 44.5 Å². The second-order valence-corrected chi connectivity index (χ2v) is 6.92. The lowest BCUT2D eigenvalue weighted by Crippen LogP contribution is -2.37. The first kappa shape index (κ1) is 19.1. The molecule has 1 aromatic carbocycles. The van der Waals surface area contributed by atoms with E-state index in [0.29, 0.717) is 5.02 Å². The number of piperidine rings is 1. The zero-order valence-electron chi connectivity index (χ0n) is 14.0. The Kier molecular flexibility index (Phi) is 6.98. The summed E-state index contributed by atoms with van der Waals surface area (Å²) in [5, 5.41) is 0.664. The molecule has 0 bridgehead atoms. The van der Waals surface area contributed by atoms with Gasteiger partial charge in [-0.25, -0.2) is 0 Å². The normalized spacial score (nSPS) is 24.2. The van der Waals surface area contributed by atoms with Crippen molar-refractivity contribution in [2.24, 2.45) is 5.92 Å². The topological polar surface area (TPSA) is 23.6 Å². The second kappa shape index (κ2) is 8.76. The van der Waals surface area contributed by atoms with Gasteiger partial charge in [-0.1, -0.05) is 42.0 Å². The molecule has 24 heavy (non-hydrogen) atoms. The molecule has 3 rings (SSSR count). The minimum atomic E-state index is -0.00596. The van der Waals surface area contributed by atoms with Crippen LogP contribution in [0.1, 0.15) is 31.2 Å². The number of amides is 1. The molecule has 5 heteroatoms. The van der Waals surface area contributed by atoms with E-state index < -0.39 is 0 Å². The highest BCUT2D eigenvalue weighted by Crippen LogP contribution is 2.25. The number of hydrogen-bond donors (Lipinski definition) is 0. The molecule has 2 aliphatic heterocycles. The Morgan fingerprint density at radius 1 is 1.21 bits per heavy atom. The zero-order valence-corrected chi connectivity index (χ0v) is 15.6. The van der Waals surface area contributed by atoms with Crippen molar-refractivity contribution < 1.29 is 4.79 Å². The van der Waals surface area contributed by atoms with Crippen LogP contribution >= 0.6 is 24.0 Å². The van der Waals surface area contributed by atoms with Crippen LogP contribution in [0.2, 0.25) is 5.02 Å². The Hall–Kier alpha value is -1.21. The largest absolute Gasteiger partial charge is 0.332 e. The highest BCUT2D eigenvalue weighted by atomic mass is 35.5. The molecule has 2 heterocycles. The molecule has 0 spiro atoms. The van der Waals surface area contributed by atoms with Crippen LogP contribution in [0.5, 0.6) is 0 Å². The summed E-state index contributed by atoms with van der Waals surface area (Å²) in [4.78, 5) is 16.7. The molecule has 1 aromatic rings. The van der Waals surface area contributed by atoms with Gasteiger partial charge in [0.2, 0.25) is 5.91 Å². The van der Waals surface area contributed by atoms with Crippen LogP contribution in [-0.4, -0.2) is 48.4 Å². The molecular weight excluding hydrogens is 343 g/mol. The fraction of sp³-hybridized carbons (Fsp3) is 0.526. The van der Waals surface area contributed by atoms with E-state index >= 15 is 0 Å². The lowest BCUT2D eigenvalue weighted by Gasteiger charge is -2.28. The van der Waals surface area contributed by atoms with Crippen molar-refractivity contribution in [1.82, 2.24) is 9.80 Å². The maximum atomic E-state index is 12.5. The number of rotatable bonds is 2. The van der Waals surface area contributed by atoms with Crippen LogP contribution < -0.4 is 0 Å². The number of benzene rings is 1. The summed E-state index contributed by atoms with van der Waals surface area (Å²) in [5.41, 5.74) is 0.828. The summed E-state index contributed by atoms with van der Waals surface area (Å²) in [6.07, 6.45) is 4.66. The van der Waals surface area contributed by atoms with Gasteiger partial charge in [-0.3, -0.25) is 4.79 Å². The van der Waals surface area contributed by atoms with Crippen LogP contribution in [0.15, 0.2) is 24.3 Å². The smallest absolute Gasteiger partial charge is 0.227 e. The minimum Gasteiger partial charge on any atom is -0.332 e. The highest BCUT2D eigenvalue weighted by Gasteiger charge is 2.37. The Balaban J connectivity index is 0.00000208. The van der Waals surface area contributed by atoms with E-state index in [4.69, 9.17) is 11.6 Å². The Morgan fingerprint density at radius 2 is 1.92 bits per heavy atom. The molecule has 0 aromatic heterocycles. The van der Waals surface area contributed by atoms with Gasteiger partial charge < -0.3 is 9.80 Å². The van der Waals surface area contributed by atoms with Crippen molar-refractivity contribution in [3.05, 3.63) is 34.9 Å². The Labute approximate surface area is 155 Å². The zero-order chi connectivity index (χ0) is 16.2. The first-order chi connectivity index (χ1) is 11.1. The number of halogens is 2. The maximum absolute atomic E-state index is 12.5. The standard InChI is InChI=1S/C19H23ClN2O.ClH/c1-21-17(10-9-15-7-3-4-8-18(15)20)13-16(19(21)23)14-22-11-5-2-6-12-22;/h3-4,7-8,16-17H,2,5-6,11-14H2,1H3;1H/t16-,17-;/m0./s1. The Morgan fingerprint density at radius 3 is 2.62 bits per heavy atom. The SMILES string of the molecule is CN1C(=O)[C@H](CN2CCCCC2)C[C@@H]1C#Cc1ccccc1Cl.Cl. The minimum absolute atomic E-state index is 0. The van der Waals surface area contributed by atoms with Gasteiger partial charge in [0.15, 0.2) is 0 Å². The van der Waals surface area contributed by atoms with Crippen LogP contribution in [0.4, 0.5) is 0 Å². The molecule has 0 radical (unpaired) electrons. The second-order valence-electron chi connectivity index (χ2n) is 6.51. The first-order valence-corrected chi connectivity index (χ1v) is 8.78. The molecular formula is C19H24Cl2N2O. The van der Waals surface area contributed by atoms with E-state index in [1.165, 1.54) is 19.3 Å². The van der Waals surface area contributed by atoms with Crippen molar-refractivity contribution in [3.63, 3.8) is 0 Å². The van der Waals surface area contributed by atoms with Crippen molar-refractivity contribution in [2.45, 2.75) is 31.7 Å². The molecule has 2 saturated heterocycles. The molecule has 0 N–H and O–H groups in total. The molecule has 0 aliphatic carbocycles. The van der Waals surface area contributed by atoms with Crippen molar-refractivity contribution in [1.29, 1.82) is 0 Å². The molecule has 130 valence electrons. The van der Waals surface area contributed by atoms with Crippen molar-refractivity contribution >= 4 is 29.9 Å². The summed E-state index contributed by atoms with van der Waals surface area (Å²) in [7, 11) is 1.87. The van der Waals surface area contributed by atoms with E-state index in [-0.39, 0.29) is 30.3 Å². The number of nitrogens with zero attached hydrogens (tertiary/aromatic N) is 2. The highest BCUT2D eigenvalue weighted by molar-refractivity contribution is 6.31. The van der Waals surface area contributed by atoms with Crippen LogP contribution in [0.3, 0.4) is 0 Å². The predicted molar refractivity (Wildman–Crippen MR) is 101 cm³/mol. The van der Waals surface area contributed by atoms with Gasteiger partial charge in [0.1, 0.15) is 0 Å². The van der Waals surface area contributed by atoms with Gasteiger partial charge in [-0.15, -0.1) is 12.4 Å². The average Bonchev–Trinajstić information content (AvgIpc) is 2.83. The monoisotopic (exact) mass is 366 g/mol. The fourth-order valence-electron chi connectivity index (χ4n) is 3.46. The van der Waals surface area contributed by atoms with E-state index in [2.05, 4.69) is 16.7 Å². The molecule has 0 saturated carbocycles. The maximum Gasteiger partial charge on any atom is 0.227 e. The molecule has 2 atom stereocenters. The summed E-state index contributed by atoms with van der Waals surface area (Å²) in [6, 6.07) is 7.57. The van der Waals surface area contributed by atoms with Gasteiger partial charge in [-0.2, -0.15) is 0 Å². The van der Waals surface area contributed by atoms with Crippen LogP contribution in [-0.2, 0) is 4.79 Å². The third kappa shape index (κ3) is 4.45. The molecule has 1 amide bonds. The lowest BCUT2D eigenvalue weighted by molar-refractivity contribution is -0.130. The van der Waals surface area contributed by atoms with Gasteiger partial charge in [0, 0.05) is 19.2 Å². The summed E-state index contributed by atoms with van der Waals surface area (Å²) < 4.78 is 0. The predicted octanol–water partition coefficient (Wildman–Crippen LogP) is 3.45. The number of carbonyl (C=O) groups is 1. The fourth-order valence-corrected chi connectivity index (χ4v) is 3.64. The van der Waals surface area contributed by atoms with E-state index in [1.54, 1.807) is 4.90 Å². The summed E-state index contributed by atoms with van der Waals surface area (Å²) in [5.74, 6) is 6.70. The number of likely N-dealkylation sites (tertiary alicyclic amines) is 2. The van der Waals surface area contributed by atoms with Gasteiger partial charge in [0.05, 0.1) is 17.0 Å². The molecule has 3 nitrogen and oxygen atoms in total. The van der Waals surface area contributed by atoms with E-state index in [9.17, 15) is 4.79 Å². The molecule has 0 unspecified atom stereocenters. The lowest BCUT2D eigenvalue weighted by atomic mass is 10.0. The van der Waals surface area contributed by atoms with E-state index in [1.807, 2.05) is 31.3 Å². The van der Waals surface area contributed by atoms with Crippen LogP contribution in [0, 0.1) is 17.8 Å². The van der Waals surface area contributed by atoms with Gasteiger partial charge >= 0.3 is 0 Å². The quantitative estimate of drug-likeness (QED) is 0.748. The van der Waals surface area contributed by atoms with Gasteiger partial charge in [0.25, 0.3) is 0 Å². The van der Waals surface area contributed by atoms with E-state index in [0.717, 1.165) is 31.6 Å². The van der Waals surface area contributed by atoms with Crippen LogP contribution in [0.25, 0.3) is 0 Å². The average molecular weight is 367 g/mol. The van der Waals surface area contributed by atoms with Crippen molar-refractivity contribution in [3.8, 4) is 11.8 Å². The Bertz CT molecular complexity index is 632. The summed E-state index contributed by atoms with van der Waals surface area (Å²) >= 11 is 6.14. The molecule has 2 aliphatic rings. The number of carbonyl (C=O) groups excluding carboxylic acids is 1. The third-order valence-corrected chi connectivity index (χ3v) is 5.18. The summed E-state index contributed by atoms with van der Waals surface area (Å²) in [6.45, 7) is 3.14. The van der Waals surface area contributed by atoms with Crippen molar-refractivity contribution in [2.75, 3.05) is 26.7 Å². The first-order valence-electron chi connectivity index (χ1n) is 8.40.